The lowest BCUT2D eigenvalue weighted by Gasteiger charge is -2.17. The first-order valence-electron chi connectivity index (χ1n) is 6.65. The number of hydrogen-bond acceptors (Lipinski definition) is 2. The van der Waals surface area contributed by atoms with E-state index in [1.165, 1.54) is 11.1 Å². The molecule has 102 valence electrons. The summed E-state index contributed by atoms with van der Waals surface area (Å²) in [6, 6.07) is 12.6. The third-order valence-corrected chi connectivity index (χ3v) is 3.83. The molecule has 3 rings (SSSR count). The van der Waals surface area contributed by atoms with Gasteiger partial charge in [-0.15, -0.1) is 11.6 Å². The number of halogens is 1. The predicted molar refractivity (Wildman–Crippen MR) is 82.1 cm³/mol. The number of benzene rings is 1. The SMILES string of the molecule is Cc1ccc(C(C)n2c(CCl)nc3cccnc32)cc1. The van der Waals surface area contributed by atoms with Gasteiger partial charge in [0.05, 0.1) is 11.9 Å². The molecule has 0 saturated carbocycles. The molecule has 2 heterocycles. The summed E-state index contributed by atoms with van der Waals surface area (Å²) in [6.45, 7) is 4.24. The van der Waals surface area contributed by atoms with E-state index in [-0.39, 0.29) is 6.04 Å². The molecule has 0 saturated heterocycles. The Labute approximate surface area is 123 Å². The van der Waals surface area contributed by atoms with Gasteiger partial charge in [0, 0.05) is 6.20 Å². The molecule has 0 radical (unpaired) electrons. The molecule has 1 atom stereocenters. The second-order valence-corrected chi connectivity index (χ2v) is 5.23. The van der Waals surface area contributed by atoms with E-state index in [1.54, 1.807) is 6.20 Å². The minimum absolute atomic E-state index is 0.157. The first kappa shape index (κ1) is 13.1. The minimum atomic E-state index is 0.157. The number of alkyl halides is 1. The van der Waals surface area contributed by atoms with Gasteiger partial charge in [-0.25, -0.2) is 9.97 Å². The highest BCUT2D eigenvalue weighted by atomic mass is 35.5. The first-order valence-corrected chi connectivity index (χ1v) is 7.18. The molecule has 2 aromatic heterocycles. The van der Waals surface area contributed by atoms with Crippen molar-refractivity contribution in [2.45, 2.75) is 25.8 Å². The summed E-state index contributed by atoms with van der Waals surface area (Å²) in [5.41, 5.74) is 4.26. The quantitative estimate of drug-likeness (QED) is 0.679. The summed E-state index contributed by atoms with van der Waals surface area (Å²) in [4.78, 5) is 9.02. The van der Waals surface area contributed by atoms with Crippen LogP contribution in [-0.2, 0) is 5.88 Å². The van der Waals surface area contributed by atoms with Gasteiger partial charge in [0.2, 0.25) is 0 Å². The van der Waals surface area contributed by atoms with E-state index in [0.717, 1.165) is 17.0 Å². The molecule has 0 aliphatic rings. The smallest absolute Gasteiger partial charge is 0.160 e. The Morgan fingerprint density at radius 2 is 1.95 bits per heavy atom. The monoisotopic (exact) mass is 285 g/mol. The van der Waals surface area contributed by atoms with Gasteiger partial charge in [-0.1, -0.05) is 29.8 Å². The largest absolute Gasteiger partial charge is 0.304 e. The second-order valence-electron chi connectivity index (χ2n) is 4.96. The molecule has 0 N–H and O–H groups in total. The summed E-state index contributed by atoms with van der Waals surface area (Å²) < 4.78 is 2.12. The van der Waals surface area contributed by atoms with Crippen molar-refractivity contribution in [1.82, 2.24) is 14.5 Å². The highest BCUT2D eigenvalue weighted by molar-refractivity contribution is 6.16. The van der Waals surface area contributed by atoms with Crippen LogP contribution < -0.4 is 0 Å². The maximum atomic E-state index is 6.05. The fourth-order valence-electron chi connectivity index (χ4n) is 2.47. The summed E-state index contributed by atoms with van der Waals surface area (Å²) in [6.07, 6.45) is 1.79. The van der Waals surface area contributed by atoms with Crippen molar-refractivity contribution in [1.29, 1.82) is 0 Å². The summed E-state index contributed by atoms with van der Waals surface area (Å²) >= 11 is 6.05. The van der Waals surface area contributed by atoms with Gasteiger partial charge in [0.1, 0.15) is 11.3 Å². The number of imidazole rings is 1. The van der Waals surface area contributed by atoms with Crippen LogP contribution in [0.5, 0.6) is 0 Å². The van der Waals surface area contributed by atoms with Crippen molar-refractivity contribution >= 4 is 22.8 Å². The molecule has 20 heavy (non-hydrogen) atoms. The van der Waals surface area contributed by atoms with E-state index in [2.05, 4.69) is 52.6 Å². The third-order valence-electron chi connectivity index (χ3n) is 3.59. The van der Waals surface area contributed by atoms with Gasteiger partial charge in [-0.2, -0.15) is 0 Å². The third kappa shape index (κ3) is 2.18. The molecule has 0 bridgehead atoms. The zero-order valence-corrected chi connectivity index (χ0v) is 12.3. The Balaban J connectivity index is 2.15. The van der Waals surface area contributed by atoms with Crippen molar-refractivity contribution in [3.05, 3.63) is 59.5 Å². The van der Waals surface area contributed by atoms with Crippen LogP contribution in [0.15, 0.2) is 42.6 Å². The van der Waals surface area contributed by atoms with Gasteiger partial charge >= 0.3 is 0 Å². The highest BCUT2D eigenvalue weighted by Crippen LogP contribution is 2.25. The Bertz CT molecular complexity index is 731. The lowest BCUT2D eigenvalue weighted by atomic mass is 10.1. The van der Waals surface area contributed by atoms with E-state index in [0.29, 0.717) is 5.88 Å². The van der Waals surface area contributed by atoms with Crippen LogP contribution in [0.3, 0.4) is 0 Å². The molecule has 0 spiro atoms. The van der Waals surface area contributed by atoms with E-state index < -0.39 is 0 Å². The lowest BCUT2D eigenvalue weighted by Crippen LogP contribution is -2.10. The van der Waals surface area contributed by atoms with Gasteiger partial charge < -0.3 is 4.57 Å². The number of fused-ring (bicyclic) bond motifs is 1. The van der Waals surface area contributed by atoms with Crippen LogP contribution in [0, 0.1) is 6.92 Å². The number of pyridine rings is 1. The molecular weight excluding hydrogens is 270 g/mol. The Morgan fingerprint density at radius 1 is 1.20 bits per heavy atom. The number of rotatable bonds is 3. The molecule has 0 amide bonds. The van der Waals surface area contributed by atoms with Gasteiger partial charge in [0.15, 0.2) is 5.65 Å². The number of aryl methyl sites for hydroxylation is 1. The number of nitrogens with zero attached hydrogens (tertiary/aromatic N) is 3. The second kappa shape index (κ2) is 5.25. The average Bonchev–Trinajstić information content (AvgIpc) is 2.85. The number of aromatic nitrogens is 3. The predicted octanol–water partition coefficient (Wildman–Crippen LogP) is 4.09. The minimum Gasteiger partial charge on any atom is -0.304 e. The first-order chi connectivity index (χ1) is 9.70. The molecule has 3 nitrogen and oxygen atoms in total. The van der Waals surface area contributed by atoms with Crippen molar-refractivity contribution in [3.8, 4) is 0 Å². The Morgan fingerprint density at radius 3 is 2.65 bits per heavy atom. The van der Waals surface area contributed by atoms with Gasteiger partial charge in [-0.05, 0) is 31.5 Å². The fraction of sp³-hybridized carbons (Fsp3) is 0.250. The summed E-state index contributed by atoms with van der Waals surface area (Å²) in [5.74, 6) is 1.24. The zero-order chi connectivity index (χ0) is 14.1. The van der Waals surface area contributed by atoms with E-state index >= 15 is 0 Å². The molecule has 1 aromatic carbocycles. The van der Waals surface area contributed by atoms with E-state index in [9.17, 15) is 0 Å². The van der Waals surface area contributed by atoms with Crippen molar-refractivity contribution in [3.63, 3.8) is 0 Å². The van der Waals surface area contributed by atoms with Crippen LogP contribution in [0.4, 0.5) is 0 Å². The lowest BCUT2D eigenvalue weighted by molar-refractivity contribution is 0.629. The summed E-state index contributed by atoms with van der Waals surface area (Å²) in [7, 11) is 0. The zero-order valence-electron chi connectivity index (χ0n) is 11.5. The normalized spacial score (nSPS) is 12.8. The van der Waals surface area contributed by atoms with Crippen LogP contribution in [-0.4, -0.2) is 14.5 Å². The molecule has 0 fully saturated rings. The Hall–Kier alpha value is -1.87. The van der Waals surface area contributed by atoms with Crippen molar-refractivity contribution < 1.29 is 0 Å². The fourth-order valence-corrected chi connectivity index (χ4v) is 2.66. The van der Waals surface area contributed by atoms with Crippen LogP contribution in [0.25, 0.3) is 11.2 Å². The van der Waals surface area contributed by atoms with Crippen LogP contribution >= 0.6 is 11.6 Å². The molecule has 4 heteroatoms. The van der Waals surface area contributed by atoms with Gasteiger partial charge in [-0.3, -0.25) is 0 Å². The van der Waals surface area contributed by atoms with E-state index in [1.807, 2.05) is 12.1 Å². The maximum absolute atomic E-state index is 6.05. The molecule has 1 unspecified atom stereocenters. The average molecular weight is 286 g/mol. The van der Waals surface area contributed by atoms with Crippen LogP contribution in [0.2, 0.25) is 0 Å². The summed E-state index contributed by atoms with van der Waals surface area (Å²) in [5, 5.41) is 0. The van der Waals surface area contributed by atoms with Gasteiger partial charge in [0.25, 0.3) is 0 Å². The molecular formula is C16H16ClN3. The van der Waals surface area contributed by atoms with Crippen molar-refractivity contribution in [2.24, 2.45) is 0 Å². The van der Waals surface area contributed by atoms with Crippen LogP contribution in [0.1, 0.15) is 29.9 Å². The molecule has 3 aromatic rings. The van der Waals surface area contributed by atoms with E-state index in [4.69, 9.17) is 11.6 Å². The molecule has 0 aliphatic heterocycles. The molecule has 0 aliphatic carbocycles. The topological polar surface area (TPSA) is 30.7 Å². The maximum Gasteiger partial charge on any atom is 0.160 e. The standard InChI is InChI=1S/C16H16ClN3/c1-11-5-7-13(8-6-11)12(2)20-15(10-17)19-14-4-3-9-18-16(14)20/h3-9,12H,10H2,1-2H3. The highest BCUT2D eigenvalue weighted by Gasteiger charge is 2.17. The Kier molecular flexibility index (Phi) is 3.45. The number of hydrogen-bond donors (Lipinski definition) is 0. The van der Waals surface area contributed by atoms with Crippen molar-refractivity contribution in [2.75, 3.05) is 0 Å².